The molecule has 0 spiro atoms. The molecule has 3 nitrogen and oxygen atoms in total. The van der Waals surface area contributed by atoms with Crippen LogP contribution in [0.2, 0.25) is 0 Å². The lowest BCUT2D eigenvalue weighted by Crippen LogP contribution is -1.92. The quantitative estimate of drug-likeness (QED) is 0.613. The lowest BCUT2D eigenvalue weighted by Gasteiger charge is -2.12. The maximum Gasteiger partial charge on any atom is 0.231 e. The number of hydrogen-bond acceptors (Lipinski definition) is 2. The third-order valence-electron chi connectivity index (χ3n) is 1.61. The number of hydrogen-bond donors (Lipinski definition) is 0. The normalized spacial score (nSPS) is 13.2. The molecule has 0 radical (unpaired) electrons. The number of benzene rings is 1. The number of fused-ring (bicyclic) bond motifs is 1. The molecular weight excluding hydrogens is 142 g/mol. The molecule has 0 unspecified atom stereocenters. The largest absolute Gasteiger partial charge is 0.687 e. The molecule has 0 saturated carbocycles. The monoisotopic (exact) mass is 150 g/mol. The fourth-order valence-electron chi connectivity index (χ4n) is 1.02. The smallest absolute Gasteiger partial charge is 0.231 e. The number of ether oxygens (including phenoxy) is 2. The van der Waals surface area contributed by atoms with E-state index in [4.69, 9.17) is 9.47 Å². The SMILES string of the molecule is C[N-]c1ccc2c(c1)OCO2. The summed E-state index contributed by atoms with van der Waals surface area (Å²) in [5, 5.41) is 4.01. The van der Waals surface area contributed by atoms with Gasteiger partial charge in [-0.25, -0.2) is 0 Å². The van der Waals surface area contributed by atoms with E-state index in [1.54, 1.807) is 7.05 Å². The minimum Gasteiger partial charge on any atom is -0.687 e. The van der Waals surface area contributed by atoms with Crippen LogP contribution in [-0.4, -0.2) is 13.8 Å². The summed E-state index contributed by atoms with van der Waals surface area (Å²) in [4.78, 5) is 0. The van der Waals surface area contributed by atoms with Crippen molar-refractivity contribution in [3.05, 3.63) is 23.5 Å². The van der Waals surface area contributed by atoms with Crippen LogP contribution in [0.15, 0.2) is 18.2 Å². The summed E-state index contributed by atoms with van der Waals surface area (Å²) >= 11 is 0. The minimum absolute atomic E-state index is 0.322. The highest BCUT2D eigenvalue weighted by atomic mass is 16.7. The molecule has 0 bridgehead atoms. The summed E-state index contributed by atoms with van der Waals surface area (Å²) in [5.41, 5.74) is 0.911. The van der Waals surface area contributed by atoms with Crippen molar-refractivity contribution in [1.82, 2.24) is 0 Å². The summed E-state index contributed by atoms with van der Waals surface area (Å²) < 4.78 is 10.3. The molecule has 0 aromatic heterocycles. The zero-order valence-electron chi connectivity index (χ0n) is 6.20. The van der Waals surface area contributed by atoms with E-state index in [0.717, 1.165) is 17.2 Å². The molecule has 0 amide bonds. The third-order valence-corrected chi connectivity index (χ3v) is 1.61. The maximum absolute atomic E-state index is 5.16. The zero-order valence-corrected chi connectivity index (χ0v) is 6.20. The van der Waals surface area contributed by atoms with Crippen LogP contribution in [0.1, 0.15) is 0 Å². The fourth-order valence-corrected chi connectivity index (χ4v) is 1.02. The lowest BCUT2D eigenvalue weighted by molar-refractivity contribution is 0.174. The Morgan fingerprint density at radius 1 is 1.27 bits per heavy atom. The van der Waals surface area contributed by atoms with Gasteiger partial charge in [0.15, 0.2) is 11.5 Å². The molecule has 1 aliphatic rings. The van der Waals surface area contributed by atoms with Gasteiger partial charge in [-0.15, -0.1) is 12.7 Å². The second-order valence-corrected chi connectivity index (χ2v) is 2.26. The van der Waals surface area contributed by atoms with Gasteiger partial charge in [-0.1, -0.05) is 6.07 Å². The zero-order chi connectivity index (χ0) is 7.68. The van der Waals surface area contributed by atoms with Crippen molar-refractivity contribution in [2.45, 2.75) is 0 Å². The van der Waals surface area contributed by atoms with Crippen LogP contribution in [0.25, 0.3) is 5.32 Å². The van der Waals surface area contributed by atoms with Crippen LogP contribution in [0, 0.1) is 0 Å². The summed E-state index contributed by atoms with van der Waals surface area (Å²) in [6, 6.07) is 5.63. The maximum atomic E-state index is 5.16. The molecule has 2 rings (SSSR count). The van der Waals surface area contributed by atoms with Crippen molar-refractivity contribution < 1.29 is 9.47 Å². The fraction of sp³-hybridized carbons (Fsp3) is 0.250. The second-order valence-electron chi connectivity index (χ2n) is 2.26. The van der Waals surface area contributed by atoms with Gasteiger partial charge in [0.2, 0.25) is 6.79 Å². The molecule has 1 aromatic carbocycles. The lowest BCUT2D eigenvalue weighted by atomic mass is 10.3. The van der Waals surface area contributed by atoms with Crippen molar-refractivity contribution in [3.8, 4) is 11.5 Å². The van der Waals surface area contributed by atoms with Crippen molar-refractivity contribution in [1.29, 1.82) is 0 Å². The molecule has 0 atom stereocenters. The predicted molar refractivity (Wildman–Crippen MR) is 41.5 cm³/mol. The highest BCUT2D eigenvalue weighted by Crippen LogP contribution is 2.35. The van der Waals surface area contributed by atoms with Crippen LogP contribution in [0.5, 0.6) is 11.5 Å². The molecule has 3 heteroatoms. The Morgan fingerprint density at radius 3 is 2.91 bits per heavy atom. The molecule has 1 heterocycles. The highest BCUT2D eigenvalue weighted by Gasteiger charge is 2.10. The number of rotatable bonds is 1. The topological polar surface area (TPSA) is 32.6 Å². The Kier molecular flexibility index (Phi) is 1.35. The van der Waals surface area contributed by atoms with E-state index in [1.807, 2.05) is 18.2 Å². The van der Waals surface area contributed by atoms with Gasteiger partial charge in [0.25, 0.3) is 0 Å². The molecule has 1 aliphatic heterocycles. The molecule has 0 saturated heterocycles. The third kappa shape index (κ3) is 0.981. The first-order valence-corrected chi connectivity index (χ1v) is 3.39. The first kappa shape index (κ1) is 6.34. The van der Waals surface area contributed by atoms with E-state index >= 15 is 0 Å². The molecule has 1 aromatic rings. The van der Waals surface area contributed by atoms with Crippen LogP contribution < -0.4 is 9.47 Å². The standard InChI is InChI=1S/C8H8NO2/c1-9-6-2-3-7-8(4-6)11-5-10-7/h2-4H,5H2,1H3/q-1. The van der Waals surface area contributed by atoms with Crippen molar-refractivity contribution in [2.75, 3.05) is 13.8 Å². The van der Waals surface area contributed by atoms with Gasteiger partial charge in [0.05, 0.1) is 0 Å². The molecule has 58 valence electrons. The Bertz CT molecular complexity index is 273. The molecular formula is C8H8NO2-. The predicted octanol–water partition coefficient (Wildman–Crippen LogP) is 2.05. The Hall–Kier alpha value is -1.38. The van der Waals surface area contributed by atoms with Crippen LogP contribution in [0.4, 0.5) is 5.69 Å². The van der Waals surface area contributed by atoms with Gasteiger partial charge in [0, 0.05) is 0 Å². The molecule has 0 N–H and O–H groups in total. The highest BCUT2D eigenvalue weighted by molar-refractivity contribution is 5.57. The van der Waals surface area contributed by atoms with Gasteiger partial charge in [-0.2, -0.15) is 0 Å². The number of nitrogens with zero attached hydrogens (tertiary/aromatic N) is 1. The summed E-state index contributed by atoms with van der Waals surface area (Å²) in [6.07, 6.45) is 0. The van der Waals surface area contributed by atoms with Crippen molar-refractivity contribution >= 4 is 5.69 Å². The molecule has 0 fully saturated rings. The van der Waals surface area contributed by atoms with E-state index < -0.39 is 0 Å². The van der Waals surface area contributed by atoms with Crippen molar-refractivity contribution in [3.63, 3.8) is 0 Å². The second kappa shape index (κ2) is 2.34. The minimum atomic E-state index is 0.322. The Morgan fingerprint density at radius 2 is 2.09 bits per heavy atom. The van der Waals surface area contributed by atoms with E-state index in [9.17, 15) is 0 Å². The van der Waals surface area contributed by atoms with Gasteiger partial charge in [-0.3, -0.25) is 0 Å². The van der Waals surface area contributed by atoms with Gasteiger partial charge in [-0.05, 0) is 12.1 Å². The summed E-state index contributed by atoms with van der Waals surface area (Å²) in [7, 11) is 1.75. The van der Waals surface area contributed by atoms with Crippen molar-refractivity contribution in [2.24, 2.45) is 0 Å². The molecule has 11 heavy (non-hydrogen) atoms. The Balaban J connectivity index is 2.41. The van der Waals surface area contributed by atoms with E-state index in [1.165, 1.54) is 0 Å². The van der Waals surface area contributed by atoms with E-state index in [0.29, 0.717) is 6.79 Å². The van der Waals surface area contributed by atoms with Crippen LogP contribution >= 0.6 is 0 Å². The summed E-state index contributed by atoms with van der Waals surface area (Å²) in [6.45, 7) is 0.322. The summed E-state index contributed by atoms with van der Waals surface area (Å²) in [5.74, 6) is 1.59. The van der Waals surface area contributed by atoms with E-state index in [2.05, 4.69) is 5.32 Å². The molecule has 0 aliphatic carbocycles. The first-order valence-electron chi connectivity index (χ1n) is 3.39. The van der Waals surface area contributed by atoms with Crippen LogP contribution in [0.3, 0.4) is 0 Å². The van der Waals surface area contributed by atoms with Gasteiger partial charge in [0.1, 0.15) is 0 Å². The van der Waals surface area contributed by atoms with Gasteiger partial charge >= 0.3 is 0 Å². The van der Waals surface area contributed by atoms with Crippen LogP contribution in [-0.2, 0) is 0 Å². The van der Waals surface area contributed by atoms with E-state index in [-0.39, 0.29) is 0 Å². The Labute approximate surface area is 64.9 Å². The average Bonchev–Trinajstić information content (AvgIpc) is 2.50. The first-order chi connectivity index (χ1) is 5.40. The van der Waals surface area contributed by atoms with Gasteiger partial charge < -0.3 is 14.8 Å². The average molecular weight is 150 g/mol.